The van der Waals surface area contributed by atoms with Crippen LogP contribution in [0.3, 0.4) is 0 Å². The first-order chi connectivity index (χ1) is 8.85. The molecule has 0 spiro atoms. The Morgan fingerprint density at radius 1 is 1.47 bits per heavy atom. The summed E-state index contributed by atoms with van der Waals surface area (Å²) in [4.78, 5) is 17.3. The molecular weight excluding hydrogens is 287 g/mol. The van der Waals surface area contributed by atoms with Crippen molar-refractivity contribution in [1.29, 1.82) is 0 Å². The number of carbonyl (C=O) groups is 1. The molecule has 7 heteroatoms. The lowest BCUT2D eigenvalue weighted by Crippen LogP contribution is -2.37. The van der Waals surface area contributed by atoms with E-state index in [1.165, 1.54) is 0 Å². The van der Waals surface area contributed by atoms with E-state index >= 15 is 0 Å². The quantitative estimate of drug-likeness (QED) is 0.846. The average molecular weight is 305 g/mol. The number of nitrogens with two attached hydrogens (primary N) is 1. The average Bonchev–Trinajstić information content (AvgIpc) is 2.27. The molecule has 0 radical (unpaired) electrons. The molecule has 0 unspecified atom stereocenters. The van der Waals surface area contributed by atoms with Gasteiger partial charge in [0.2, 0.25) is 5.91 Å². The summed E-state index contributed by atoms with van der Waals surface area (Å²) in [6.07, 6.45) is 0. The van der Waals surface area contributed by atoms with Gasteiger partial charge >= 0.3 is 0 Å². The summed E-state index contributed by atoms with van der Waals surface area (Å²) in [7, 11) is 1.72. The molecule has 0 aliphatic rings. The predicted octanol–water partition coefficient (Wildman–Crippen LogP) is 2.38. The van der Waals surface area contributed by atoms with Gasteiger partial charge in [0.1, 0.15) is 11.6 Å². The van der Waals surface area contributed by atoms with Gasteiger partial charge in [0.25, 0.3) is 0 Å². The number of hydrogen-bond donors (Lipinski definition) is 2. The summed E-state index contributed by atoms with van der Waals surface area (Å²) in [6.45, 7) is 4.77. The summed E-state index contributed by atoms with van der Waals surface area (Å²) in [5.74, 6) is 0.924. The van der Waals surface area contributed by atoms with Crippen LogP contribution >= 0.6 is 23.2 Å². The van der Waals surface area contributed by atoms with E-state index < -0.39 is 5.91 Å². The number of aromatic nitrogens is 1. The van der Waals surface area contributed by atoms with Crippen molar-refractivity contribution in [2.24, 2.45) is 11.7 Å². The Balaban J connectivity index is 3.16. The van der Waals surface area contributed by atoms with Crippen molar-refractivity contribution >= 4 is 40.7 Å². The highest BCUT2D eigenvalue weighted by Crippen LogP contribution is 2.31. The molecule has 0 fully saturated rings. The summed E-state index contributed by atoms with van der Waals surface area (Å²) in [6, 6.07) is 1.60. The molecule has 0 saturated heterocycles. The number of hydrogen-bond acceptors (Lipinski definition) is 4. The van der Waals surface area contributed by atoms with Crippen LogP contribution in [0.2, 0.25) is 10.0 Å². The number of amides is 1. The van der Waals surface area contributed by atoms with Crippen LogP contribution < -0.4 is 16.0 Å². The van der Waals surface area contributed by atoms with Crippen LogP contribution in [0.4, 0.5) is 11.6 Å². The van der Waals surface area contributed by atoms with E-state index in [0.717, 1.165) is 0 Å². The van der Waals surface area contributed by atoms with E-state index in [4.69, 9.17) is 28.9 Å². The summed E-state index contributed by atoms with van der Waals surface area (Å²) >= 11 is 12.1. The van der Waals surface area contributed by atoms with E-state index in [2.05, 4.69) is 10.3 Å². The molecule has 0 aliphatic heterocycles. The van der Waals surface area contributed by atoms with Gasteiger partial charge in [0.05, 0.1) is 16.6 Å². The second-order valence-corrected chi connectivity index (χ2v) is 5.43. The Bertz CT molecular complexity index is 465. The second-order valence-electron chi connectivity index (χ2n) is 4.61. The smallest absolute Gasteiger partial charge is 0.236 e. The molecule has 0 atom stereocenters. The van der Waals surface area contributed by atoms with Gasteiger partial charge in [-0.05, 0) is 12.0 Å². The predicted molar refractivity (Wildman–Crippen MR) is 80.0 cm³/mol. The first-order valence-electron chi connectivity index (χ1n) is 5.92. The topological polar surface area (TPSA) is 71.2 Å². The largest absolute Gasteiger partial charge is 0.372 e. The standard InChI is InChI=1S/C12H18Cl2N4O/c1-7(2)5-18(6-10(15)19)12-9(14)4-8(13)11(16-3)17-12/h4,7H,5-6H2,1-3H3,(H2,15,19)(H,16,17). The Kier molecular flexibility index (Phi) is 5.69. The minimum absolute atomic E-state index is 0.0652. The molecule has 0 saturated carbocycles. The zero-order chi connectivity index (χ0) is 14.6. The van der Waals surface area contributed by atoms with Gasteiger partial charge in [-0.2, -0.15) is 0 Å². The van der Waals surface area contributed by atoms with Crippen LogP contribution in [0, 0.1) is 5.92 Å². The maximum absolute atomic E-state index is 11.2. The number of nitrogens with zero attached hydrogens (tertiary/aromatic N) is 2. The minimum Gasteiger partial charge on any atom is -0.372 e. The molecule has 1 amide bonds. The second kappa shape index (κ2) is 6.82. The molecule has 1 heterocycles. The number of halogens is 2. The van der Waals surface area contributed by atoms with Crippen LogP contribution in [0.1, 0.15) is 13.8 Å². The zero-order valence-corrected chi connectivity index (χ0v) is 12.7. The van der Waals surface area contributed by atoms with Gasteiger partial charge in [-0.3, -0.25) is 4.79 Å². The van der Waals surface area contributed by atoms with Crippen molar-refractivity contribution in [3.8, 4) is 0 Å². The highest BCUT2D eigenvalue weighted by molar-refractivity contribution is 6.37. The Hall–Kier alpha value is -1.20. The zero-order valence-electron chi connectivity index (χ0n) is 11.2. The van der Waals surface area contributed by atoms with Crippen molar-refractivity contribution < 1.29 is 4.79 Å². The number of nitrogens with one attached hydrogen (secondary N) is 1. The van der Waals surface area contributed by atoms with Gasteiger partial charge in [-0.25, -0.2) is 4.98 Å². The number of pyridine rings is 1. The number of rotatable bonds is 6. The molecule has 106 valence electrons. The lowest BCUT2D eigenvalue weighted by Gasteiger charge is -2.25. The van der Waals surface area contributed by atoms with Crippen molar-refractivity contribution in [3.63, 3.8) is 0 Å². The lowest BCUT2D eigenvalue weighted by atomic mass is 10.2. The van der Waals surface area contributed by atoms with Crippen LogP contribution in [-0.4, -0.2) is 31.0 Å². The van der Waals surface area contributed by atoms with Crippen LogP contribution in [0.15, 0.2) is 6.07 Å². The van der Waals surface area contributed by atoms with E-state index in [9.17, 15) is 4.79 Å². The van der Waals surface area contributed by atoms with Crippen molar-refractivity contribution in [3.05, 3.63) is 16.1 Å². The maximum atomic E-state index is 11.2. The third kappa shape index (κ3) is 4.44. The highest BCUT2D eigenvalue weighted by atomic mass is 35.5. The molecule has 0 aromatic carbocycles. The van der Waals surface area contributed by atoms with Crippen molar-refractivity contribution in [2.75, 3.05) is 30.4 Å². The third-order valence-corrected chi connectivity index (χ3v) is 2.95. The SMILES string of the molecule is CNc1nc(N(CC(N)=O)CC(C)C)c(Cl)cc1Cl. The first-order valence-corrected chi connectivity index (χ1v) is 6.67. The fourth-order valence-corrected chi connectivity index (χ4v) is 2.28. The molecule has 5 nitrogen and oxygen atoms in total. The molecule has 1 rings (SSSR count). The Morgan fingerprint density at radius 2 is 2.11 bits per heavy atom. The first kappa shape index (κ1) is 15.9. The van der Waals surface area contributed by atoms with E-state index in [0.29, 0.717) is 34.1 Å². The number of primary amides is 1. The van der Waals surface area contributed by atoms with Crippen LogP contribution in [0.25, 0.3) is 0 Å². The third-order valence-electron chi connectivity index (χ3n) is 2.38. The summed E-state index contributed by atoms with van der Waals surface area (Å²) < 4.78 is 0. The fourth-order valence-electron chi connectivity index (χ4n) is 1.71. The van der Waals surface area contributed by atoms with Crippen LogP contribution in [0.5, 0.6) is 0 Å². The molecule has 19 heavy (non-hydrogen) atoms. The van der Waals surface area contributed by atoms with E-state index in [-0.39, 0.29) is 6.54 Å². The molecule has 3 N–H and O–H groups in total. The fraction of sp³-hybridized carbons (Fsp3) is 0.500. The normalized spacial score (nSPS) is 10.6. The Labute approximate surface area is 123 Å². The molecule has 1 aromatic rings. The summed E-state index contributed by atoms with van der Waals surface area (Å²) in [5.41, 5.74) is 5.26. The minimum atomic E-state index is -0.431. The van der Waals surface area contributed by atoms with Gasteiger partial charge in [0, 0.05) is 13.6 Å². The lowest BCUT2D eigenvalue weighted by molar-refractivity contribution is -0.116. The molecular formula is C12H18Cl2N4O. The number of anilines is 2. The van der Waals surface area contributed by atoms with E-state index in [1.807, 2.05) is 13.8 Å². The van der Waals surface area contributed by atoms with E-state index in [1.54, 1.807) is 18.0 Å². The molecule has 0 aliphatic carbocycles. The van der Waals surface area contributed by atoms with Gasteiger partial charge in [0.15, 0.2) is 0 Å². The van der Waals surface area contributed by atoms with Gasteiger partial charge in [-0.15, -0.1) is 0 Å². The van der Waals surface area contributed by atoms with Crippen LogP contribution in [-0.2, 0) is 4.79 Å². The number of carbonyl (C=O) groups excluding carboxylic acids is 1. The van der Waals surface area contributed by atoms with Gasteiger partial charge < -0.3 is 16.0 Å². The highest BCUT2D eigenvalue weighted by Gasteiger charge is 2.18. The summed E-state index contributed by atoms with van der Waals surface area (Å²) in [5, 5.41) is 3.70. The van der Waals surface area contributed by atoms with Crippen molar-refractivity contribution in [2.45, 2.75) is 13.8 Å². The van der Waals surface area contributed by atoms with Gasteiger partial charge in [-0.1, -0.05) is 37.0 Å². The molecule has 1 aromatic heterocycles. The Morgan fingerprint density at radius 3 is 2.58 bits per heavy atom. The monoisotopic (exact) mass is 304 g/mol. The maximum Gasteiger partial charge on any atom is 0.236 e. The molecule has 0 bridgehead atoms. The van der Waals surface area contributed by atoms with Crippen molar-refractivity contribution in [1.82, 2.24) is 4.98 Å².